The molecule has 0 radical (unpaired) electrons. The van der Waals surface area contributed by atoms with Crippen LogP contribution >= 0.6 is 39.1 Å². The summed E-state index contributed by atoms with van der Waals surface area (Å²) in [4.78, 5) is 42.1. The molecule has 40 heavy (non-hydrogen) atoms. The van der Waals surface area contributed by atoms with Crippen LogP contribution in [-0.4, -0.2) is 42.3 Å². The molecule has 5 rings (SSSR count). The van der Waals surface area contributed by atoms with E-state index in [2.05, 4.69) is 26.6 Å². The number of nitrogens with zero attached hydrogens (tertiary/aromatic N) is 1. The molecule has 7 nitrogen and oxygen atoms in total. The second kappa shape index (κ2) is 10.4. The predicted molar refractivity (Wildman–Crippen MR) is 159 cm³/mol. The minimum Gasteiger partial charge on any atom is -0.478 e. The first-order valence-electron chi connectivity index (χ1n) is 12.7. The highest BCUT2D eigenvalue weighted by Crippen LogP contribution is 2.58. The van der Waals surface area contributed by atoms with Gasteiger partial charge in [-0.15, -0.1) is 0 Å². The van der Waals surface area contributed by atoms with Gasteiger partial charge in [-0.1, -0.05) is 57.3 Å². The summed E-state index contributed by atoms with van der Waals surface area (Å²) in [6.45, 7) is 3.37. The summed E-state index contributed by atoms with van der Waals surface area (Å²) in [5.41, 5.74) is 0.0661. The van der Waals surface area contributed by atoms with Gasteiger partial charge in [0.15, 0.2) is 5.60 Å². The van der Waals surface area contributed by atoms with Gasteiger partial charge < -0.3 is 20.3 Å². The van der Waals surface area contributed by atoms with E-state index in [1.54, 1.807) is 64.3 Å². The molecule has 0 aliphatic carbocycles. The topological polar surface area (TPSA) is 87.7 Å². The lowest BCUT2D eigenvalue weighted by atomic mass is 9.59. The van der Waals surface area contributed by atoms with E-state index in [0.29, 0.717) is 32.6 Å². The lowest BCUT2D eigenvalue weighted by Gasteiger charge is -2.47. The van der Waals surface area contributed by atoms with Crippen LogP contribution in [0.1, 0.15) is 48.9 Å². The van der Waals surface area contributed by atoms with Crippen molar-refractivity contribution in [3.05, 3.63) is 91.9 Å². The number of halogens is 3. The second-order valence-corrected chi connectivity index (χ2v) is 12.6. The first kappa shape index (κ1) is 28.5. The maximum atomic E-state index is 14.3. The molecule has 2 aliphatic heterocycles. The standard InChI is InChI=1S/C30H28BrCl2N3O4/c1-29(2,28(39)36(3)4)40-24-11-8-17(31)13-20(24)26-30(21-10-9-19(33)14-23(21)34-27(30)38)22(15-25(37)35-26)16-6-5-7-18(32)12-16/h5-14,22,26H,15H2,1-4H3,(H,34,38)(H,35,37). The molecule has 208 valence electrons. The van der Waals surface area contributed by atoms with E-state index in [0.717, 1.165) is 10.0 Å². The van der Waals surface area contributed by atoms with Crippen molar-refractivity contribution in [2.75, 3.05) is 19.4 Å². The number of ether oxygens (including phenoxy) is 1. The fourth-order valence-corrected chi connectivity index (χ4v) is 6.71. The van der Waals surface area contributed by atoms with Gasteiger partial charge in [-0.2, -0.15) is 0 Å². The van der Waals surface area contributed by atoms with Gasteiger partial charge >= 0.3 is 0 Å². The van der Waals surface area contributed by atoms with Crippen LogP contribution in [0.25, 0.3) is 0 Å². The molecule has 0 aromatic heterocycles. The summed E-state index contributed by atoms with van der Waals surface area (Å²) in [5.74, 6) is -0.954. The van der Waals surface area contributed by atoms with Gasteiger partial charge in [0.25, 0.3) is 5.91 Å². The van der Waals surface area contributed by atoms with E-state index in [9.17, 15) is 14.4 Å². The van der Waals surface area contributed by atoms with Gasteiger partial charge in [0.05, 0.1) is 6.04 Å². The molecule has 3 unspecified atom stereocenters. The number of likely N-dealkylation sites (N-methyl/N-ethyl adjacent to an activating group) is 1. The van der Waals surface area contributed by atoms with E-state index in [4.69, 9.17) is 27.9 Å². The lowest BCUT2D eigenvalue weighted by molar-refractivity contribution is -0.143. The molecule has 1 spiro atoms. The number of piperidine rings is 1. The first-order chi connectivity index (χ1) is 18.8. The zero-order valence-electron chi connectivity index (χ0n) is 22.3. The Kier molecular flexibility index (Phi) is 7.40. The first-order valence-corrected chi connectivity index (χ1v) is 14.3. The van der Waals surface area contributed by atoms with Crippen molar-refractivity contribution in [3.8, 4) is 5.75 Å². The third kappa shape index (κ3) is 4.76. The summed E-state index contributed by atoms with van der Waals surface area (Å²) < 4.78 is 7.09. The number of hydrogen-bond donors (Lipinski definition) is 2. The maximum Gasteiger partial charge on any atom is 0.265 e. The Morgan fingerprint density at radius 2 is 1.77 bits per heavy atom. The summed E-state index contributed by atoms with van der Waals surface area (Å²) in [6, 6.07) is 17.0. The molecule has 3 atom stereocenters. The molecule has 0 saturated carbocycles. The number of benzene rings is 3. The molecule has 1 saturated heterocycles. The van der Waals surface area contributed by atoms with E-state index in [1.807, 2.05) is 24.3 Å². The molecule has 0 bridgehead atoms. The van der Waals surface area contributed by atoms with Crippen LogP contribution < -0.4 is 15.4 Å². The van der Waals surface area contributed by atoms with E-state index in [-0.39, 0.29) is 24.1 Å². The van der Waals surface area contributed by atoms with Gasteiger partial charge in [0, 0.05) is 52.2 Å². The van der Waals surface area contributed by atoms with Crippen LogP contribution in [0, 0.1) is 0 Å². The number of fused-ring (bicyclic) bond motifs is 2. The van der Waals surface area contributed by atoms with Crippen molar-refractivity contribution in [2.45, 2.75) is 43.2 Å². The Morgan fingerprint density at radius 1 is 1.05 bits per heavy atom. The van der Waals surface area contributed by atoms with Crippen molar-refractivity contribution in [3.63, 3.8) is 0 Å². The number of nitrogens with one attached hydrogen (secondary N) is 2. The molecular weight excluding hydrogens is 617 g/mol. The molecule has 3 aromatic rings. The second-order valence-electron chi connectivity index (χ2n) is 10.8. The Labute approximate surface area is 251 Å². The monoisotopic (exact) mass is 643 g/mol. The number of rotatable bonds is 5. The summed E-state index contributed by atoms with van der Waals surface area (Å²) in [5, 5.41) is 7.11. The summed E-state index contributed by atoms with van der Waals surface area (Å²) >= 11 is 16.3. The zero-order valence-corrected chi connectivity index (χ0v) is 25.4. The van der Waals surface area contributed by atoms with E-state index < -0.39 is 23.0 Å². The van der Waals surface area contributed by atoms with Gasteiger partial charge in [0.2, 0.25) is 11.8 Å². The minimum absolute atomic E-state index is 0.0567. The van der Waals surface area contributed by atoms with Crippen LogP contribution in [0.2, 0.25) is 10.0 Å². The maximum absolute atomic E-state index is 14.3. The number of anilines is 1. The molecule has 2 heterocycles. The predicted octanol–water partition coefficient (Wildman–Crippen LogP) is 6.24. The van der Waals surface area contributed by atoms with Crippen molar-refractivity contribution in [1.29, 1.82) is 0 Å². The Bertz CT molecular complexity index is 1540. The quantitative estimate of drug-likeness (QED) is 0.344. The third-order valence-corrected chi connectivity index (χ3v) is 8.53. The molecule has 3 aromatic carbocycles. The molecule has 10 heteroatoms. The fraction of sp³-hybridized carbons (Fsp3) is 0.300. The van der Waals surface area contributed by atoms with Crippen LogP contribution in [0.3, 0.4) is 0 Å². The molecule has 1 fully saturated rings. The van der Waals surface area contributed by atoms with Gasteiger partial charge in [-0.25, -0.2) is 0 Å². The zero-order chi connectivity index (χ0) is 29.0. The number of amides is 3. The lowest BCUT2D eigenvalue weighted by Crippen LogP contribution is -2.57. The Hall–Kier alpha value is -3.07. The normalized spacial score (nSPS) is 22.0. The molecule has 3 amide bonds. The van der Waals surface area contributed by atoms with Crippen molar-refractivity contribution in [2.24, 2.45) is 0 Å². The van der Waals surface area contributed by atoms with Gasteiger partial charge in [-0.3, -0.25) is 14.4 Å². The molecule has 2 aliphatic rings. The van der Waals surface area contributed by atoms with Gasteiger partial charge in [-0.05, 0) is 67.4 Å². The average Bonchev–Trinajstić information content (AvgIpc) is 3.16. The highest BCUT2D eigenvalue weighted by molar-refractivity contribution is 9.10. The number of carbonyl (C=O) groups excluding carboxylic acids is 3. The van der Waals surface area contributed by atoms with Crippen LogP contribution in [0.4, 0.5) is 5.69 Å². The van der Waals surface area contributed by atoms with Crippen molar-refractivity contribution in [1.82, 2.24) is 10.2 Å². The largest absolute Gasteiger partial charge is 0.478 e. The highest BCUT2D eigenvalue weighted by Gasteiger charge is 2.61. The Balaban J connectivity index is 1.77. The van der Waals surface area contributed by atoms with Crippen LogP contribution in [-0.2, 0) is 19.8 Å². The van der Waals surface area contributed by atoms with Crippen LogP contribution in [0.15, 0.2) is 65.1 Å². The highest BCUT2D eigenvalue weighted by atomic mass is 79.9. The average molecular weight is 645 g/mol. The van der Waals surface area contributed by atoms with Crippen molar-refractivity contribution < 1.29 is 19.1 Å². The third-order valence-electron chi connectivity index (χ3n) is 7.57. The van der Waals surface area contributed by atoms with E-state index >= 15 is 0 Å². The number of carbonyl (C=O) groups is 3. The fourth-order valence-electron chi connectivity index (χ4n) is 5.96. The summed E-state index contributed by atoms with van der Waals surface area (Å²) in [7, 11) is 3.32. The minimum atomic E-state index is -1.28. The number of hydrogen-bond acceptors (Lipinski definition) is 4. The summed E-state index contributed by atoms with van der Waals surface area (Å²) in [6.07, 6.45) is 0.0567. The SMILES string of the molecule is CN(C)C(=O)C(C)(C)Oc1ccc(Br)cc1C1NC(=O)CC(c2cccc(Cl)c2)C12C(=O)Nc1cc(Cl)ccc12. The van der Waals surface area contributed by atoms with Crippen LogP contribution in [0.5, 0.6) is 5.75 Å². The molecular formula is C30H28BrCl2N3O4. The van der Waals surface area contributed by atoms with Crippen molar-refractivity contribution >= 4 is 62.5 Å². The Morgan fingerprint density at radius 3 is 2.48 bits per heavy atom. The smallest absolute Gasteiger partial charge is 0.265 e. The molecule has 2 N–H and O–H groups in total. The van der Waals surface area contributed by atoms with E-state index in [1.165, 1.54) is 4.90 Å². The van der Waals surface area contributed by atoms with Gasteiger partial charge in [0.1, 0.15) is 11.2 Å².